The first-order valence-corrected chi connectivity index (χ1v) is 8.55. The maximum atomic E-state index is 12.1. The monoisotopic (exact) mass is 298 g/mol. The molecule has 1 aromatic carbocycles. The van der Waals surface area contributed by atoms with E-state index in [1.165, 1.54) is 0 Å². The third kappa shape index (κ3) is 4.85. The van der Waals surface area contributed by atoms with Gasteiger partial charge in [0.05, 0.1) is 11.3 Å². The third-order valence-electron chi connectivity index (χ3n) is 2.93. The summed E-state index contributed by atoms with van der Waals surface area (Å²) in [4.78, 5) is 12.1. The van der Waals surface area contributed by atoms with E-state index in [0.29, 0.717) is 12.1 Å². The quantitative estimate of drug-likeness (QED) is 0.801. The number of amides is 1. The molecule has 1 aromatic rings. The van der Waals surface area contributed by atoms with Crippen LogP contribution in [0.5, 0.6) is 0 Å². The molecular formula is C14H22N2O3S. The fourth-order valence-electron chi connectivity index (χ4n) is 1.75. The second kappa shape index (κ2) is 7.28. The van der Waals surface area contributed by atoms with Crippen molar-refractivity contribution in [3.63, 3.8) is 0 Å². The van der Waals surface area contributed by atoms with E-state index in [0.717, 1.165) is 11.3 Å². The van der Waals surface area contributed by atoms with Crippen LogP contribution in [0.1, 0.15) is 29.8 Å². The normalized spacial score (nSPS) is 11.2. The minimum atomic E-state index is -3.06. The van der Waals surface area contributed by atoms with Gasteiger partial charge in [0.15, 0.2) is 9.84 Å². The summed E-state index contributed by atoms with van der Waals surface area (Å²) in [5.41, 5.74) is 2.28. The van der Waals surface area contributed by atoms with E-state index in [9.17, 15) is 13.2 Å². The zero-order chi connectivity index (χ0) is 15.2. The van der Waals surface area contributed by atoms with Gasteiger partial charge in [0.25, 0.3) is 5.91 Å². The van der Waals surface area contributed by atoms with Gasteiger partial charge < -0.3 is 10.6 Å². The van der Waals surface area contributed by atoms with Gasteiger partial charge >= 0.3 is 0 Å². The maximum Gasteiger partial charge on any atom is 0.253 e. The van der Waals surface area contributed by atoms with Gasteiger partial charge in [-0.1, -0.05) is 18.6 Å². The smallest absolute Gasteiger partial charge is 0.253 e. The molecular weight excluding hydrogens is 276 g/mol. The summed E-state index contributed by atoms with van der Waals surface area (Å²) in [6.07, 6.45) is 0. The van der Waals surface area contributed by atoms with Crippen LogP contribution in [0.2, 0.25) is 0 Å². The van der Waals surface area contributed by atoms with E-state index in [4.69, 9.17) is 0 Å². The van der Waals surface area contributed by atoms with Gasteiger partial charge in [-0.2, -0.15) is 0 Å². The highest BCUT2D eigenvalue weighted by atomic mass is 32.2. The van der Waals surface area contributed by atoms with Crippen LogP contribution in [0.15, 0.2) is 18.2 Å². The van der Waals surface area contributed by atoms with Crippen molar-refractivity contribution in [2.45, 2.75) is 20.8 Å². The topological polar surface area (TPSA) is 75.3 Å². The molecule has 20 heavy (non-hydrogen) atoms. The van der Waals surface area contributed by atoms with E-state index < -0.39 is 9.84 Å². The highest BCUT2D eigenvalue weighted by Gasteiger charge is 2.13. The Hall–Kier alpha value is -1.56. The van der Waals surface area contributed by atoms with Gasteiger partial charge in [-0.25, -0.2) is 8.42 Å². The number of carbonyl (C=O) groups excluding carboxylic acids is 1. The zero-order valence-electron chi connectivity index (χ0n) is 12.2. The summed E-state index contributed by atoms with van der Waals surface area (Å²) in [7, 11) is -3.06. The lowest BCUT2D eigenvalue weighted by molar-refractivity contribution is 0.0957. The molecule has 6 heteroatoms. The Morgan fingerprint density at radius 3 is 2.55 bits per heavy atom. The molecule has 0 aliphatic carbocycles. The van der Waals surface area contributed by atoms with Crippen molar-refractivity contribution in [2.24, 2.45) is 0 Å². The number of rotatable bonds is 7. The molecule has 1 amide bonds. The van der Waals surface area contributed by atoms with E-state index in [1.54, 1.807) is 13.0 Å². The van der Waals surface area contributed by atoms with Crippen LogP contribution in [-0.2, 0) is 9.84 Å². The number of aryl methyl sites for hydroxylation is 1. The molecule has 0 heterocycles. The highest BCUT2D eigenvalue weighted by molar-refractivity contribution is 7.91. The van der Waals surface area contributed by atoms with Crippen LogP contribution in [0.3, 0.4) is 0 Å². The molecule has 1 rings (SSSR count). The molecule has 112 valence electrons. The van der Waals surface area contributed by atoms with E-state index in [2.05, 4.69) is 10.6 Å². The van der Waals surface area contributed by atoms with Gasteiger partial charge in [-0.15, -0.1) is 0 Å². The molecule has 0 saturated heterocycles. The van der Waals surface area contributed by atoms with Crippen LogP contribution >= 0.6 is 0 Å². The minimum Gasteiger partial charge on any atom is -0.385 e. The van der Waals surface area contributed by atoms with E-state index >= 15 is 0 Å². The van der Waals surface area contributed by atoms with Crippen molar-refractivity contribution in [1.29, 1.82) is 0 Å². The summed E-state index contributed by atoms with van der Waals surface area (Å²) in [6.45, 7) is 6.31. The summed E-state index contributed by atoms with van der Waals surface area (Å²) >= 11 is 0. The largest absolute Gasteiger partial charge is 0.385 e. The van der Waals surface area contributed by atoms with Crippen LogP contribution in [0.4, 0.5) is 5.69 Å². The van der Waals surface area contributed by atoms with E-state index in [1.807, 2.05) is 26.0 Å². The number of carbonyl (C=O) groups is 1. The van der Waals surface area contributed by atoms with Crippen molar-refractivity contribution >= 4 is 21.4 Å². The average Bonchev–Trinajstić information content (AvgIpc) is 2.40. The fraction of sp³-hybridized carbons (Fsp3) is 0.500. The number of anilines is 1. The molecule has 0 aromatic heterocycles. The third-order valence-corrected chi connectivity index (χ3v) is 4.63. The number of hydrogen-bond donors (Lipinski definition) is 2. The van der Waals surface area contributed by atoms with Crippen molar-refractivity contribution in [2.75, 3.05) is 29.9 Å². The van der Waals surface area contributed by atoms with Crippen molar-refractivity contribution in [3.8, 4) is 0 Å². The van der Waals surface area contributed by atoms with Gasteiger partial charge in [0.1, 0.15) is 0 Å². The zero-order valence-corrected chi connectivity index (χ0v) is 13.0. The number of hydrogen-bond acceptors (Lipinski definition) is 4. The van der Waals surface area contributed by atoms with Gasteiger partial charge in [-0.3, -0.25) is 4.79 Å². The molecule has 0 spiro atoms. The summed E-state index contributed by atoms with van der Waals surface area (Å²) in [5.74, 6) is -0.191. The van der Waals surface area contributed by atoms with Crippen LogP contribution in [0.25, 0.3) is 0 Å². The predicted molar refractivity (Wildman–Crippen MR) is 82.0 cm³/mol. The summed E-state index contributed by atoms with van der Waals surface area (Å²) < 4.78 is 22.8. The first-order valence-electron chi connectivity index (χ1n) is 6.72. The average molecular weight is 298 g/mol. The molecule has 0 fully saturated rings. The molecule has 0 atom stereocenters. The Morgan fingerprint density at radius 2 is 1.95 bits per heavy atom. The van der Waals surface area contributed by atoms with Crippen LogP contribution < -0.4 is 10.6 Å². The second-order valence-electron chi connectivity index (χ2n) is 4.57. The highest BCUT2D eigenvalue weighted by Crippen LogP contribution is 2.17. The summed E-state index contributed by atoms with van der Waals surface area (Å²) in [6, 6.07) is 5.58. The first-order chi connectivity index (χ1) is 9.39. The lowest BCUT2D eigenvalue weighted by Gasteiger charge is -2.12. The Bertz CT molecular complexity index is 568. The van der Waals surface area contributed by atoms with Crippen LogP contribution in [0, 0.1) is 6.92 Å². The molecule has 0 bridgehead atoms. The lowest BCUT2D eigenvalue weighted by atomic mass is 10.1. The predicted octanol–water partition coefficient (Wildman–Crippen LogP) is 1.59. The summed E-state index contributed by atoms with van der Waals surface area (Å²) in [5, 5.41) is 5.78. The number of sulfone groups is 1. The minimum absolute atomic E-state index is 0.0302. The Labute approximate surface area is 120 Å². The van der Waals surface area contributed by atoms with Crippen molar-refractivity contribution in [3.05, 3.63) is 29.3 Å². The molecule has 0 aliphatic heterocycles. The number of nitrogens with one attached hydrogen (secondary N) is 2. The fourth-order valence-corrected chi connectivity index (χ4v) is 2.45. The van der Waals surface area contributed by atoms with Gasteiger partial charge in [-0.05, 0) is 26.0 Å². The van der Waals surface area contributed by atoms with Crippen molar-refractivity contribution < 1.29 is 13.2 Å². The van der Waals surface area contributed by atoms with Gasteiger partial charge in [0, 0.05) is 24.5 Å². The van der Waals surface area contributed by atoms with Crippen molar-refractivity contribution in [1.82, 2.24) is 5.32 Å². The molecule has 2 N–H and O–H groups in total. The molecule has 0 unspecified atom stereocenters. The first kappa shape index (κ1) is 16.5. The van der Waals surface area contributed by atoms with Gasteiger partial charge in [0.2, 0.25) is 0 Å². The molecule has 0 saturated carbocycles. The Morgan fingerprint density at radius 1 is 1.25 bits per heavy atom. The molecule has 0 radical (unpaired) electrons. The van der Waals surface area contributed by atoms with Crippen LogP contribution in [-0.4, -0.2) is 38.9 Å². The standard InChI is InChI=1S/C14H22N2O3S/c1-4-15-13-7-6-11(3)10-12(13)14(17)16-8-9-20(18,19)5-2/h6-7,10,15H,4-5,8-9H2,1-3H3,(H,16,17). The lowest BCUT2D eigenvalue weighted by Crippen LogP contribution is -2.30. The number of benzene rings is 1. The van der Waals surface area contributed by atoms with E-state index in [-0.39, 0.29) is 24.0 Å². The Kier molecular flexibility index (Phi) is 6.01. The molecule has 5 nitrogen and oxygen atoms in total. The maximum absolute atomic E-state index is 12.1. The SMILES string of the molecule is CCNc1ccc(C)cc1C(=O)NCCS(=O)(=O)CC. The Balaban J connectivity index is 2.74. The molecule has 0 aliphatic rings. The second-order valence-corrected chi connectivity index (χ2v) is 7.04.